The lowest BCUT2D eigenvalue weighted by molar-refractivity contribution is 0.449. The molecule has 1 aliphatic heterocycles. The van der Waals surface area contributed by atoms with Gasteiger partial charge in [-0.05, 0) is 11.5 Å². The Balaban J connectivity index is 2.58. The summed E-state index contributed by atoms with van der Waals surface area (Å²) in [5.41, 5.74) is 1.18. The number of rotatable bonds is 0. The van der Waals surface area contributed by atoms with Crippen LogP contribution in [0.4, 0.5) is 0 Å². The van der Waals surface area contributed by atoms with Crippen molar-refractivity contribution in [3.8, 4) is 5.75 Å². The van der Waals surface area contributed by atoms with Gasteiger partial charge in [0.15, 0.2) is 6.61 Å². The first kappa shape index (κ1) is 6.06. The number of hydrogen-bond donors (Lipinski definition) is 0. The Kier molecular flexibility index (Phi) is 1.01. The normalized spacial score (nSPS) is 13.3. The molecule has 1 heterocycles. The third-order valence-electron chi connectivity index (χ3n) is 2.21. The van der Waals surface area contributed by atoms with Crippen LogP contribution in [0, 0.1) is 6.61 Å². The molecule has 1 aliphatic rings. The molecule has 0 bridgehead atoms. The zero-order chi connectivity index (χ0) is 7.97. The minimum atomic E-state index is 0.975. The van der Waals surface area contributed by atoms with Crippen molar-refractivity contribution in [2.24, 2.45) is 0 Å². The third kappa shape index (κ3) is 0.632. The van der Waals surface area contributed by atoms with Gasteiger partial charge in [0.2, 0.25) is 0 Å². The maximum atomic E-state index is 5.39. The fraction of sp³-hybridized carbons (Fsp3) is 0. The predicted octanol–water partition coefficient (Wildman–Crippen LogP) is 2.74. The van der Waals surface area contributed by atoms with E-state index in [1.54, 1.807) is 6.61 Å². The predicted molar refractivity (Wildman–Crippen MR) is 48.0 cm³/mol. The van der Waals surface area contributed by atoms with Crippen LogP contribution in [-0.4, -0.2) is 0 Å². The Morgan fingerprint density at radius 1 is 0.917 bits per heavy atom. The van der Waals surface area contributed by atoms with Crippen LogP contribution in [0.2, 0.25) is 0 Å². The van der Waals surface area contributed by atoms with E-state index in [1.807, 2.05) is 18.2 Å². The van der Waals surface area contributed by atoms with Crippen molar-refractivity contribution < 1.29 is 4.74 Å². The molecule has 0 unspecified atom stereocenters. The molecule has 57 valence electrons. The highest BCUT2D eigenvalue weighted by Gasteiger charge is 2.14. The molecule has 0 saturated carbocycles. The van der Waals surface area contributed by atoms with Gasteiger partial charge in [-0.1, -0.05) is 30.3 Å². The van der Waals surface area contributed by atoms with Crippen molar-refractivity contribution in [3.05, 3.63) is 48.6 Å². The molecule has 0 amide bonds. The lowest BCUT2D eigenvalue weighted by atomic mass is 10.1. The highest BCUT2D eigenvalue weighted by atomic mass is 16.5. The van der Waals surface area contributed by atoms with Gasteiger partial charge in [-0.3, -0.25) is 0 Å². The highest BCUT2D eigenvalue weighted by Crippen LogP contribution is 2.35. The van der Waals surface area contributed by atoms with Gasteiger partial charge in [-0.25, -0.2) is 0 Å². The van der Waals surface area contributed by atoms with Crippen molar-refractivity contribution in [2.45, 2.75) is 0 Å². The summed E-state index contributed by atoms with van der Waals surface area (Å²) >= 11 is 0. The quantitative estimate of drug-likeness (QED) is 0.568. The first-order valence-electron chi connectivity index (χ1n) is 3.97. The van der Waals surface area contributed by atoms with Crippen LogP contribution in [0.3, 0.4) is 0 Å². The number of benzene rings is 2. The summed E-state index contributed by atoms with van der Waals surface area (Å²) in [5, 5.41) is 2.48. The number of ether oxygens (including phenoxy) is 1. The van der Waals surface area contributed by atoms with Crippen LogP contribution in [0.15, 0.2) is 36.4 Å². The van der Waals surface area contributed by atoms with Gasteiger partial charge in [0.05, 0.1) is 0 Å². The molecule has 0 spiro atoms. The van der Waals surface area contributed by atoms with E-state index >= 15 is 0 Å². The van der Waals surface area contributed by atoms with Gasteiger partial charge in [-0.15, -0.1) is 0 Å². The summed E-state index contributed by atoms with van der Waals surface area (Å²) in [6, 6.07) is 12.3. The maximum Gasteiger partial charge on any atom is 0.165 e. The fourth-order valence-corrected chi connectivity index (χ4v) is 1.66. The van der Waals surface area contributed by atoms with Crippen LogP contribution in [0.5, 0.6) is 5.75 Å². The lowest BCUT2D eigenvalue weighted by Crippen LogP contribution is -1.79. The van der Waals surface area contributed by atoms with E-state index in [0.717, 1.165) is 5.75 Å². The Morgan fingerprint density at radius 2 is 1.75 bits per heavy atom. The molecular formula is C11H7O. The molecule has 1 nitrogen and oxygen atoms in total. The summed E-state index contributed by atoms with van der Waals surface area (Å²) in [5.74, 6) is 0.975. The van der Waals surface area contributed by atoms with Crippen molar-refractivity contribution in [1.29, 1.82) is 0 Å². The molecule has 1 heteroatoms. The molecule has 2 aromatic carbocycles. The topological polar surface area (TPSA) is 9.23 Å². The van der Waals surface area contributed by atoms with Crippen molar-refractivity contribution in [2.75, 3.05) is 0 Å². The lowest BCUT2D eigenvalue weighted by Gasteiger charge is -1.96. The zero-order valence-corrected chi connectivity index (χ0v) is 6.45. The molecule has 2 aromatic rings. The van der Waals surface area contributed by atoms with Crippen LogP contribution in [0.1, 0.15) is 5.56 Å². The molecular weight excluding hydrogens is 148 g/mol. The molecule has 0 fully saturated rings. The fourth-order valence-electron chi connectivity index (χ4n) is 1.66. The van der Waals surface area contributed by atoms with Crippen LogP contribution in [-0.2, 0) is 0 Å². The smallest absolute Gasteiger partial charge is 0.165 e. The van der Waals surface area contributed by atoms with Gasteiger partial charge in [0.1, 0.15) is 5.75 Å². The Labute approximate surface area is 70.6 Å². The number of hydrogen-bond acceptors (Lipinski definition) is 1. The van der Waals surface area contributed by atoms with Crippen molar-refractivity contribution >= 4 is 10.8 Å². The molecule has 0 aliphatic carbocycles. The maximum absolute atomic E-state index is 5.39. The van der Waals surface area contributed by atoms with E-state index in [4.69, 9.17) is 4.74 Å². The molecule has 0 N–H and O–H groups in total. The van der Waals surface area contributed by atoms with E-state index in [9.17, 15) is 0 Å². The SMILES string of the molecule is [CH]1Oc2cccc3cccc1c23. The third-order valence-corrected chi connectivity index (χ3v) is 2.21. The zero-order valence-electron chi connectivity index (χ0n) is 6.45. The van der Waals surface area contributed by atoms with Crippen molar-refractivity contribution in [1.82, 2.24) is 0 Å². The molecule has 1 radical (unpaired) electrons. The second-order valence-corrected chi connectivity index (χ2v) is 2.94. The van der Waals surface area contributed by atoms with Gasteiger partial charge in [-0.2, -0.15) is 0 Å². The largest absolute Gasteiger partial charge is 0.481 e. The highest BCUT2D eigenvalue weighted by molar-refractivity contribution is 5.93. The van der Waals surface area contributed by atoms with Gasteiger partial charge >= 0.3 is 0 Å². The van der Waals surface area contributed by atoms with Gasteiger partial charge in [0.25, 0.3) is 0 Å². The first-order valence-corrected chi connectivity index (χ1v) is 3.97. The van der Waals surface area contributed by atoms with E-state index < -0.39 is 0 Å². The van der Waals surface area contributed by atoms with E-state index in [1.165, 1.54) is 16.3 Å². The monoisotopic (exact) mass is 155 g/mol. The minimum Gasteiger partial charge on any atom is -0.481 e. The average Bonchev–Trinajstić information content (AvgIpc) is 2.52. The van der Waals surface area contributed by atoms with Gasteiger partial charge < -0.3 is 4.74 Å². The summed E-state index contributed by atoms with van der Waals surface area (Å²) in [6.07, 6.45) is 0. The standard InChI is InChI=1S/C11H7O/c1-3-8-4-2-6-10-11(8)9(5-1)7-12-10/h1-7H. The van der Waals surface area contributed by atoms with Crippen LogP contribution < -0.4 is 4.74 Å². The second-order valence-electron chi connectivity index (χ2n) is 2.94. The average molecular weight is 155 g/mol. The summed E-state index contributed by atoms with van der Waals surface area (Å²) in [6.45, 7) is 1.80. The summed E-state index contributed by atoms with van der Waals surface area (Å²) in [4.78, 5) is 0. The first-order chi connectivity index (χ1) is 5.95. The summed E-state index contributed by atoms with van der Waals surface area (Å²) in [7, 11) is 0. The van der Waals surface area contributed by atoms with E-state index in [0.29, 0.717) is 0 Å². The Morgan fingerprint density at radius 3 is 2.67 bits per heavy atom. The van der Waals surface area contributed by atoms with Gasteiger partial charge in [0, 0.05) is 10.9 Å². The van der Waals surface area contributed by atoms with Crippen molar-refractivity contribution in [3.63, 3.8) is 0 Å². The molecule has 0 aromatic heterocycles. The molecule has 0 atom stereocenters. The second kappa shape index (κ2) is 2.01. The Bertz CT molecular complexity index is 407. The molecule has 0 saturated heterocycles. The minimum absolute atomic E-state index is 0.975. The molecule has 12 heavy (non-hydrogen) atoms. The molecule has 3 rings (SSSR count). The van der Waals surface area contributed by atoms with Crippen LogP contribution >= 0.6 is 0 Å². The summed E-state index contributed by atoms with van der Waals surface area (Å²) < 4.78 is 5.39. The van der Waals surface area contributed by atoms with E-state index in [2.05, 4.69) is 18.2 Å². The Hall–Kier alpha value is -1.50. The van der Waals surface area contributed by atoms with E-state index in [-0.39, 0.29) is 0 Å². The van der Waals surface area contributed by atoms with Crippen LogP contribution in [0.25, 0.3) is 10.8 Å².